The van der Waals surface area contributed by atoms with Crippen LogP contribution in [0.1, 0.15) is 33.1 Å². The molecule has 0 saturated carbocycles. The highest BCUT2D eigenvalue weighted by Crippen LogP contribution is 2.28. The molecule has 1 aliphatic heterocycles. The Morgan fingerprint density at radius 1 is 1.11 bits per heavy atom. The minimum Gasteiger partial charge on any atom is -0.379 e. The van der Waals surface area contributed by atoms with E-state index >= 15 is 0 Å². The third-order valence-corrected chi connectivity index (χ3v) is 6.62. The molecule has 0 aliphatic carbocycles. The summed E-state index contributed by atoms with van der Waals surface area (Å²) in [6.07, 6.45) is 2.22. The summed E-state index contributed by atoms with van der Waals surface area (Å²) in [6.45, 7) is 9.80. The maximum atomic E-state index is 13.5. The first-order valence-electron chi connectivity index (χ1n) is 12.9. The van der Waals surface area contributed by atoms with Crippen molar-refractivity contribution in [3.63, 3.8) is 0 Å². The summed E-state index contributed by atoms with van der Waals surface area (Å²) in [7, 11) is 0. The van der Waals surface area contributed by atoms with Gasteiger partial charge in [0, 0.05) is 56.1 Å². The molecule has 1 amide bonds. The van der Waals surface area contributed by atoms with Gasteiger partial charge < -0.3 is 15.0 Å². The summed E-state index contributed by atoms with van der Waals surface area (Å²) in [6, 6.07) is 14.3. The molecule has 1 aromatic heterocycles. The second-order valence-corrected chi connectivity index (χ2v) is 9.32. The lowest BCUT2D eigenvalue weighted by Gasteiger charge is -2.29. The molecule has 8 heteroatoms. The third-order valence-electron chi connectivity index (χ3n) is 6.62. The van der Waals surface area contributed by atoms with Crippen LogP contribution in [0.4, 0.5) is 10.2 Å². The molecule has 2 aromatic carbocycles. The zero-order valence-electron chi connectivity index (χ0n) is 21.3. The van der Waals surface area contributed by atoms with Gasteiger partial charge in [-0.3, -0.25) is 9.69 Å². The van der Waals surface area contributed by atoms with E-state index in [1.807, 2.05) is 31.2 Å². The fourth-order valence-electron chi connectivity index (χ4n) is 4.35. The number of hydrogen-bond donors (Lipinski definition) is 1. The Balaban J connectivity index is 1.61. The normalized spacial score (nSPS) is 15.1. The lowest BCUT2D eigenvalue weighted by Crippen LogP contribution is -2.39. The Labute approximate surface area is 212 Å². The van der Waals surface area contributed by atoms with Crippen molar-refractivity contribution in [2.24, 2.45) is 0 Å². The Hall–Kier alpha value is -3.10. The van der Waals surface area contributed by atoms with Crippen LogP contribution < -0.4 is 10.2 Å². The lowest BCUT2D eigenvalue weighted by atomic mass is 10.1. The van der Waals surface area contributed by atoms with E-state index in [1.165, 1.54) is 12.1 Å². The number of ether oxygens (including phenoxy) is 1. The lowest BCUT2D eigenvalue weighted by molar-refractivity contribution is -0.121. The molecule has 4 rings (SSSR count). The van der Waals surface area contributed by atoms with Crippen molar-refractivity contribution in [3.8, 4) is 11.4 Å². The molecule has 7 nitrogen and oxygen atoms in total. The maximum absolute atomic E-state index is 13.5. The van der Waals surface area contributed by atoms with Gasteiger partial charge in [-0.05, 0) is 56.2 Å². The molecule has 1 aliphatic rings. The van der Waals surface area contributed by atoms with E-state index in [1.54, 1.807) is 12.1 Å². The minimum atomic E-state index is -0.295. The number of benzene rings is 2. The zero-order chi connectivity index (χ0) is 25.3. The van der Waals surface area contributed by atoms with Crippen LogP contribution in [0.2, 0.25) is 0 Å². The highest BCUT2D eigenvalue weighted by Gasteiger charge is 2.18. The molecule has 0 bridgehead atoms. The molecule has 2 heterocycles. The molecule has 0 radical (unpaired) electrons. The van der Waals surface area contributed by atoms with Gasteiger partial charge in [0.1, 0.15) is 11.6 Å². The summed E-state index contributed by atoms with van der Waals surface area (Å²) < 4.78 is 19.0. The van der Waals surface area contributed by atoms with Crippen molar-refractivity contribution in [2.75, 3.05) is 50.8 Å². The number of carbonyl (C=O) groups excluding carboxylic acids is 1. The summed E-state index contributed by atoms with van der Waals surface area (Å²) in [5.41, 5.74) is 1.58. The van der Waals surface area contributed by atoms with Gasteiger partial charge in [0.2, 0.25) is 5.91 Å². The van der Waals surface area contributed by atoms with Crippen molar-refractivity contribution in [1.82, 2.24) is 20.2 Å². The highest BCUT2D eigenvalue weighted by atomic mass is 19.1. The zero-order valence-corrected chi connectivity index (χ0v) is 21.3. The molecule has 1 fully saturated rings. The van der Waals surface area contributed by atoms with E-state index in [-0.39, 0.29) is 17.8 Å². The van der Waals surface area contributed by atoms with Gasteiger partial charge >= 0.3 is 0 Å². The molecule has 0 spiro atoms. The first-order chi connectivity index (χ1) is 17.5. The van der Waals surface area contributed by atoms with E-state index in [0.717, 1.165) is 74.5 Å². The molecular formula is C28H36FN5O2. The van der Waals surface area contributed by atoms with E-state index in [2.05, 4.69) is 22.0 Å². The van der Waals surface area contributed by atoms with Gasteiger partial charge in [-0.25, -0.2) is 14.4 Å². The first-order valence-corrected chi connectivity index (χ1v) is 12.9. The van der Waals surface area contributed by atoms with Crippen LogP contribution in [0.3, 0.4) is 0 Å². The van der Waals surface area contributed by atoms with Gasteiger partial charge in [-0.1, -0.05) is 19.1 Å². The van der Waals surface area contributed by atoms with Crippen LogP contribution in [0.5, 0.6) is 0 Å². The molecule has 36 heavy (non-hydrogen) atoms. The predicted octanol–water partition coefficient (Wildman–Crippen LogP) is 4.27. The van der Waals surface area contributed by atoms with E-state index < -0.39 is 0 Å². The second kappa shape index (κ2) is 12.7. The average molecular weight is 494 g/mol. The number of morpholine rings is 1. The van der Waals surface area contributed by atoms with Crippen molar-refractivity contribution in [3.05, 3.63) is 54.3 Å². The number of halogens is 1. The van der Waals surface area contributed by atoms with E-state index in [0.29, 0.717) is 18.8 Å². The minimum absolute atomic E-state index is 0.0413. The van der Waals surface area contributed by atoms with Crippen molar-refractivity contribution >= 4 is 22.6 Å². The van der Waals surface area contributed by atoms with Crippen molar-refractivity contribution < 1.29 is 13.9 Å². The SMILES string of the molecule is CC[C@@H](C)NC(=O)CCN(CCCN1CCOCC1)c1nc(-c2ccc(F)cc2)nc2ccccc12. The Bertz CT molecular complexity index is 1130. The number of rotatable bonds is 11. The number of fused-ring (bicyclic) bond motifs is 1. The molecule has 1 N–H and O–H groups in total. The summed E-state index contributed by atoms with van der Waals surface area (Å²) in [4.78, 5) is 26.9. The number of amides is 1. The quantitative estimate of drug-likeness (QED) is 0.430. The van der Waals surface area contributed by atoms with Gasteiger partial charge in [-0.15, -0.1) is 0 Å². The number of nitrogens with zero attached hydrogens (tertiary/aromatic N) is 4. The van der Waals surface area contributed by atoms with Crippen LogP contribution in [-0.2, 0) is 9.53 Å². The van der Waals surface area contributed by atoms with Crippen molar-refractivity contribution in [2.45, 2.75) is 39.2 Å². The Morgan fingerprint density at radius 3 is 2.61 bits per heavy atom. The van der Waals surface area contributed by atoms with Crippen LogP contribution in [0, 0.1) is 5.82 Å². The van der Waals surface area contributed by atoms with Crippen LogP contribution >= 0.6 is 0 Å². The number of hydrogen-bond acceptors (Lipinski definition) is 6. The average Bonchev–Trinajstić information content (AvgIpc) is 2.91. The maximum Gasteiger partial charge on any atom is 0.221 e. The van der Waals surface area contributed by atoms with Crippen LogP contribution in [0.25, 0.3) is 22.3 Å². The van der Waals surface area contributed by atoms with Crippen LogP contribution in [-0.4, -0.2) is 72.8 Å². The second-order valence-electron chi connectivity index (χ2n) is 9.32. The number of anilines is 1. The number of nitrogens with one attached hydrogen (secondary N) is 1. The predicted molar refractivity (Wildman–Crippen MR) is 142 cm³/mol. The number of carbonyl (C=O) groups is 1. The Morgan fingerprint density at radius 2 is 1.86 bits per heavy atom. The molecule has 192 valence electrons. The summed E-state index contributed by atoms with van der Waals surface area (Å²) >= 11 is 0. The van der Waals surface area contributed by atoms with E-state index in [9.17, 15) is 9.18 Å². The first kappa shape index (κ1) is 26.0. The highest BCUT2D eigenvalue weighted by molar-refractivity contribution is 5.91. The summed E-state index contributed by atoms with van der Waals surface area (Å²) in [5, 5.41) is 4.01. The molecule has 1 saturated heterocycles. The molecule has 0 unspecified atom stereocenters. The molecular weight excluding hydrogens is 457 g/mol. The third kappa shape index (κ3) is 6.98. The molecule has 1 atom stereocenters. The number of aromatic nitrogens is 2. The monoisotopic (exact) mass is 493 g/mol. The fourth-order valence-corrected chi connectivity index (χ4v) is 4.35. The Kier molecular flexibility index (Phi) is 9.19. The fraction of sp³-hybridized carbons (Fsp3) is 0.464. The van der Waals surface area contributed by atoms with Crippen molar-refractivity contribution in [1.29, 1.82) is 0 Å². The standard InChI is InChI=1S/C28H36FN5O2/c1-3-21(2)30-26(35)13-16-34(15-6-14-33-17-19-36-20-18-33)28-24-7-4-5-8-25(24)31-27(32-28)22-9-11-23(29)12-10-22/h4-5,7-12,21H,3,6,13-20H2,1-2H3,(H,30,35)/t21-/m1/s1. The summed E-state index contributed by atoms with van der Waals surface area (Å²) in [5.74, 6) is 1.10. The van der Waals surface area contributed by atoms with Gasteiger partial charge in [-0.2, -0.15) is 0 Å². The van der Waals surface area contributed by atoms with Gasteiger partial charge in [0.05, 0.1) is 18.7 Å². The largest absolute Gasteiger partial charge is 0.379 e. The van der Waals surface area contributed by atoms with Gasteiger partial charge in [0.15, 0.2) is 5.82 Å². The topological polar surface area (TPSA) is 70.6 Å². The number of para-hydroxylation sites is 1. The van der Waals surface area contributed by atoms with Gasteiger partial charge in [0.25, 0.3) is 0 Å². The molecule has 3 aromatic rings. The van der Waals surface area contributed by atoms with Crippen LogP contribution in [0.15, 0.2) is 48.5 Å². The van der Waals surface area contributed by atoms with E-state index in [4.69, 9.17) is 14.7 Å². The smallest absolute Gasteiger partial charge is 0.221 e.